The number of hydrogen-bond donors (Lipinski definition) is 1. The fourth-order valence-electron chi connectivity index (χ4n) is 2.60. The molecule has 2 aliphatic rings. The summed E-state index contributed by atoms with van der Waals surface area (Å²) in [5.41, 5.74) is 2.83. The van der Waals surface area contributed by atoms with Crippen LogP contribution < -0.4 is 10.1 Å². The predicted octanol–water partition coefficient (Wildman–Crippen LogP) is 2.97. The highest BCUT2D eigenvalue weighted by atomic mass is 16.5. The summed E-state index contributed by atoms with van der Waals surface area (Å²) >= 11 is 0. The van der Waals surface area contributed by atoms with Crippen LogP contribution >= 0.6 is 0 Å². The fourth-order valence-corrected chi connectivity index (χ4v) is 2.60. The van der Waals surface area contributed by atoms with Gasteiger partial charge in [0, 0.05) is 32.2 Å². The van der Waals surface area contributed by atoms with Gasteiger partial charge < -0.3 is 10.1 Å². The van der Waals surface area contributed by atoms with Crippen LogP contribution in [0.5, 0.6) is 5.75 Å². The third-order valence-electron chi connectivity index (χ3n) is 4.27. The third kappa shape index (κ3) is 4.87. The van der Waals surface area contributed by atoms with Crippen molar-refractivity contribution >= 4 is 0 Å². The summed E-state index contributed by atoms with van der Waals surface area (Å²) in [6, 6.07) is 9.23. The van der Waals surface area contributed by atoms with Gasteiger partial charge in [0.25, 0.3) is 0 Å². The predicted molar refractivity (Wildman–Crippen MR) is 86.6 cm³/mol. The van der Waals surface area contributed by atoms with Crippen LogP contribution in [0.3, 0.4) is 0 Å². The maximum atomic E-state index is 5.91. The van der Waals surface area contributed by atoms with E-state index in [2.05, 4.69) is 47.5 Å². The lowest BCUT2D eigenvalue weighted by Gasteiger charge is -2.25. The van der Waals surface area contributed by atoms with Gasteiger partial charge in [0.15, 0.2) is 0 Å². The van der Waals surface area contributed by atoms with E-state index in [9.17, 15) is 0 Å². The first kappa shape index (κ1) is 14.6. The maximum absolute atomic E-state index is 5.91. The summed E-state index contributed by atoms with van der Waals surface area (Å²) in [6.07, 6.45) is 6.19. The Morgan fingerprint density at radius 3 is 3.00 bits per heavy atom. The average Bonchev–Trinajstić information content (AvgIpc) is 3.32. The Morgan fingerprint density at radius 2 is 2.24 bits per heavy atom. The standard InChI is InChI=1S/C18H26N2O/c1-15-7-9-20(10-8-15)11-12-21-18-4-2-3-16(13-18)14-19-17-5-6-17/h2-4,7,13,17,19H,5-6,8-12,14H2,1H3. The Morgan fingerprint density at radius 1 is 1.33 bits per heavy atom. The van der Waals surface area contributed by atoms with E-state index in [0.29, 0.717) is 0 Å². The molecule has 0 aromatic heterocycles. The molecule has 0 radical (unpaired) electrons. The maximum Gasteiger partial charge on any atom is 0.119 e. The van der Waals surface area contributed by atoms with E-state index >= 15 is 0 Å². The minimum Gasteiger partial charge on any atom is -0.492 e. The topological polar surface area (TPSA) is 24.5 Å². The molecular formula is C18H26N2O. The first-order chi connectivity index (χ1) is 10.3. The molecule has 1 aliphatic heterocycles. The van der Waals surface area contributed by atoms with Crippen molar-refractivity contribution in [2.75, 3.05) is 26.2 Å². The van der Waals surface area contributed by atoms with Crippen LogP contribution in [0.4, 0.5) is 0 Å². The largest absolute Gasteiger partial charge is 0.492 e. The van der Waals surface area contributed by atoms with Crippen molar-refractivity contribution in [2.45, 2.75) is 38.8 Å². The summed E-state index contributed by atoms with van der Waals surface area (Å²) < 4.78 is 5.91. The molecule has 1 aromatic carbocycles. The summed E-state index contributed by atoms with van der Waals surface area (Å²) in [5.74, 6) is 0.994. The molecule has 1 saturated carbocycles. The molecule has 0 atom stereocenters. The van der Waals surface area contributed by atoms with Crippen molar-refractivity contribution in [3.63, 3.8) is 0 Å². The highest BCUT2D eigenvalue weighted by molar-refractivity contribution is 5.28. The zero-order chi connectivity index (χ0) is 14.5. The van der Waals surface area contributed by atoms with E-state index in [4.69, 9.17) is 4.74 Å². The van der Waals surface area contributed by atoms with Crippen LogP contribution in [-0.2, 0) is 6.54 Å². The lowest BCUT2D eigenvalue weighted by molar-refractivity contribution is 0.218. The number of nitrogens with zero attached hydrogens (tertiary/aromatic N) is 1. The molecule has 3 rings (SSSR count). The van der Waals surface area contributed by atoms with Crippen molar-refractivity contribution in [1.82, 2.24) is 10.2 Å². The summed E-state index contributed by atoms with van der Waals surface area (Å²) in [6.45, 7) is 7.19. The smallest absolute Gasteiger partial charge is 0.119 e. The van der Waals surface area contributed by atoms with Crippen molar-refractivity contribution in [3.8, 4) is 5.75 Å². The summed E-state index contributed by atoms with van der Waals surface area (Å²) in [5, 5.41) is 3.54. The van der Waals surface area contributed by atoms with Gasteiger partial charge in [-0.15, -0.1) is 0 Å². The fraction of sp³-hybridized carbons (Fsp3) is 0.556. The van der Waals surface area contributed by atoms with Gasteiger partial charge >= 0.3 is 0 Å². The first-order valence-electron chi connectivity index (χ1n) is 8.13. The second-order valence-corrected chi connectivity index (χ2v) is 6.25. The summed E-state index contributed by atoms with van der Waals surface area (Å²) in [7, 11) is 0. The minimum absolute atomic E-state index is 0.755. The molecule has 1 aliphatic carbocycles. The van der Waals surface area contributed by atoms with Gasteiger partial charge in [-0.25, -0.2) is 0 Å². The van der Waals surface area contributed by atoms with Crippen LogP contribution in [0.1, 0.15) is 31.7 Å². The third-order valence-corrected chi connectivity index (χ3v) is 4.27. The van der Waals surface area contributed by atoms with Crippen LogP contribution in [0.25, 0.3) is 0 Å². The van der Waals surface area contributed by atoms with Crippen LogP contribution in [0.15, 0.2) is 35.9 Å². The van der Waals surface area contributed by atoms with Gasteiger partial charge in [0.2, 0.25) is 0 Å². The number of nitrogens with one attached hydrogen (secondary N) is 1. The van der Waals surface area contributed by atoms with E-state index in [-0.39, 0.29) is 0 Å². The Bertz CT molecular complexity index is 494. The highest BCUT2D eigenvalue weighted by Gasteiger charge is 2.19. The molecule has 3 heteroatoms. The van der Waals surface area contributed by atoms with Gasteiger partial charge in [-0.05, 0) is 43.9 Å². The van der Waals surface area contributed by atoms with Crippen LogP contribution in [0, 0.1) is 0 Å². The molecule has 1 heterocycles. The number of hydrogen-bond acceptors (Lipinski definition) is 3. The monoisotopic (exact) mass is 286 g/mol. The molecule has 0 unspecified atom stereocenters. The first-order valence-corrected chi connectivity index (χ1v) is 8.13. The van der Waals surface area contributed by atoms with Crippen LogP contribution in [0.2, 0.25) is 0 Å². The average molecular weight is 286 g/mol. The van der Waals surface area contributed by atoms with Gasteiger partial charge in [0.05, 0.1) is 0 Å². The lowest BCUT2D eigenvalue weighted by atomic mass is 10.1. The normalized spacial score (nSPS) is 19.4. The Kier molecular flexibility index (Phi) is 4.94. The highest BCUT2D eigenvalue weighted by Crippen LogP contribution is 2.20. The van der Waals surface area contributed by atoms with Gasteiger partial charge in [-0.2, -0.15) is 0 Å². The Balaban J connectivity index is 1.41. The Labute approximate surface area is 128 Å². The SMILES string of the molecule is CC1=CCN(CCOc2cccc(CNC3CC3)c2)CC1. The van der Waals surface area contributed by atoms with Gasteiger partial charge in [-0.3, -0.25) is 4.90 Å². The lowest BCUT2D eigenvalue weighted by Crippen LogP contribution is -2.32. The van der Waals surface area contributed by atoms with Gasteiger partial charge in [-0.1, -0.05) is 23.8 Å². The molecule has 1 aromatic rings. The molecule has 3 nitrogen and oxygen atoms in total. The molecule has 0 saturated heterocycles. The number of ether oxygens (including phenoxy) is 1. The van der Waals surface area contributed by atoms with E-state index in [1.165, 1.54) is 30.4 Å². The molecule has 0 spiro atoms. The summed E-state index contributed by atoms with van der Waals surface area (Å²) in [4.78, 5) is 2.45. The van der Waals surface area contributed by atoms with Gasteiger partial charge in [0.1, 0.15) is 12.4 Å². The molecule has 1 N–H and O–H groups in total. The molecule has 1 fully saturated rings. The minimum atomic E-state index is 0.755. The molecule has 0 amide bonds. The Hall–Kier alpha value is -1.32. The number of benzene rings is 1. The quantitative estimate of drug-likeness (QED) is 0.780. The molecule has 21 heavy (non-hydrogen) atoms. The zero-order valence-corrected chi connectivity index (χ0v) is 13.0. The van der Waals surface area contributed by atoms with Crippen molar-refractivity contribution < 1.29 is 4.74 Å². The van der Waals surface area contributed by atoms with Crippen molar-refractivity contribution in [2.24, 2.45) is 0 Å². The van der Waals surface area contributed by atoms with E-state index in [1.54, 1.807) is 0 Å². The van der Waals surface area contributed by atoms with Crippen molar-refractivity contribution in [3.05, 3.63) is 41.5 Å². The molecule has 0 bridgehead atoms. The number of rotatable bonds is 7. The second kappa shape index (κ2) is 7.10. The second-order valence-electron chi connectivity index (χ2n) is 6.25. The van der Waals surface area contributed by atoms with Crippen molar-refractivity contribution in [1.29, 1.82) is 0 Å². The van der Waals surface area contributed by atoms with E-state index in [0.717, 1.165) is 44.6 Å². The van der Waals surface area contributed by atoms with E-state index < -0.39 is 0 Å². The molecular weight excluding hydrogens is 260 g/mol. The van der Waals surface area contributed by atoms with Crippen LogP contribution in [-0.4, -0.2) is 37.2 Å². The van der Waals surface area contributed by atoms with E-state index in [1.807, 2.05) is 0 Å². The zero-order valence-electron chi connectivity index (χ0n) is 13.0. The molecule has 114 valence electrons.